The van der Waals surface area contributed by atoms with E-state index in [0.29, 0.717) is 11.3 Å². The molecule has 0 saturated heterocycles. The van der Waals surface area contributed by atoms with Crippen molar-refractivity contribution >= 4 is 27.3 Å². The van der Waals surface area contributed by atoms with Crippen molar-refractivity contribution in [1.82, 2.24) is 0 Å². The molecule has 6 nitrogen and oxygen atoms in total. The number of para-hydroxylation sites is 1. The largest absolute Gasteiger partial charge is 0.489 e. The summed E-state index contributed by atoms with van der Waals surface area (Å²) in [6, 6.07) is 10.4. The van der Waals surface area contributed by atoms with Gasteiger partial charge in [-0.1, -0.05) is 28.1 Å². The molecule has 0 aliphatic heterocycles. The lowest BCUT2D eigenvalue weighted by Gasteiger charge is -2.12. The first-order valence-corrected chi connectivity index (χ1v) is 6.94. The number of nitrogens with zero attached hydrogens (tertiary/aromatic N) is 1. The molecule has 3 N–H and O–H groups in total. The van der Waals surface area contributed by atoms with Crippen molar-refractivity contribution < 1.29 is 9.66 Å². The van der Waals surface area contributed by atoms with Gasteiger partial charge in [0.05, 0.1) is 4.92 Å². The molecule has 0 radical (unpaired) electrons. The van der Waals surface area contributed by atoms with Crippen molar-refractivity contribution in [2.75, 3.05) is 5.43 Å². The van der Waals surface area contributed by atoms with Crippen LogP contribution in [0.5, 0.6) is 5.75 Å². The summed E-state index contributed by atoms with van der Waals surface area (Å²) in [7, 11) is 0. The van der Waals surface area contributed by atoms with E-state index in [9.17, 15) is 10.1 Å². The lowest BCUT2D eigenvalue weighted by atomic mass is 10.1. The number of rotatable bonds is 5. The minimum absolute atomic E-state index is 0.0777. The number of nitrogens with one attached hydrogen (secondary N) is 1. The fraction of sp³-hybridized carbons (Fsp3) is 0.143. The van der Waals surface area contributed by atoms with Crippen LogP contribution in [0.4, 0.5) is 11.4 Å². The molecule has 0 heterocycles. The van der Waals surface area contributed by atoms with Gasteiger partial charge in [0.1, 0.15) is 18.0 Å². The number of ether oxygens (including phenoxy) is 1. The normalized spacial score (nSPS) is 10.2. The van der Waals surface area contributed by atoms with Gasteiger partial charge in [0.15, 0.2) is 0 Å². The van der Waals surface area contributed by atoms with Crippen LogP contribution in [0.1, 0.15) is 11.1 Å². The number of hydrogen-bond donors (Lipinski definition) is 2. The number of anilines is 1. The van der Waals surface area contributed by atoms with Crippen LogP contribution in [0.15, 0.2) is 40.9 Å². The standard InChI is InChI=1S/C14H14BrN3O3/c1-9-7-11(15)5-6-13(9)21-8-10-3-2-4-12(18(19)20)14(10)17-16/h2-7,17H,8,16H2,1H3. The Balaban J connectivity index is 2.24. The SMILES string of the molecule is Cc1cc(Br)ccc1OCc1cccc([N+](=O)[O-])c1NN. The van der Waals surface area contributed by atoms with Gasteiger partial charge in [-0.15, -0.1) is 0 Å². The number of nitrogens with two attached hydrogens (primary N) is 1. The first-order valence-electron chi connectivity index (χ1n) is 6.14. The summed E-state index contributed by atoms with van der Waals surface area (Å²) in [5, 5.41) is 11.0. The zero-order chi connectivity index (χ0) is 15.4. The fourth-order valence-electron chi connectivity index (χ4n) is 1.96. The molecule has 2 rings (SSSR count). The topological polar surface area (TPSA) is 90.4 Å². The van der Waals surface area contributed by atoms with Crippen molar-refractivity contribution in [3.05, 3.63) is 62.1 Å². The molecule has 0 amide bonds. The maximum absolute atomic E-state index is 11.0. The van der Waals surface area contributed by atoms with Crippen molar-refractivity contribution in [2.24, 2.45) is 5.84 Å². The highest BCUT2D eigenvalue weighted by Gasteiger charge is 2.16. The Bertz CT molecular complexity index is 677. The molecule has 0 bridgehead atoms. The van der Waals surface area contributed by atoms with Gasteiger partial charge in [-0.05, 0) is 30.7 Å². The second kappa shape index (κ2) is 6.55. The van der Waals surface area contributed by atoms with Gasteiger partial charge in [-0.2, -0.15) is 0 Å². The second-order valence-corrected chi connectivity index (χ2v) is 5.33. The zero-order valence-corrected chi connectivity index (χ0v) is 12.9. The monoisotopic (exact) mass is 351 g/mol. The summed E-state index contributed by atoms with van der Waals surface area (Å²) in [5.74, 6) is 6.11. The Morgan fingerprint density at radius 2 is 2.14 bits per heavy atom. The third-order valence-electron chi connectivity index (χ3n) is 2.99. The molecule has 0 saturated carbocycles. The number of nitro groups is 1. The van der Waals surface area contributed by atoms with E-state index in [-0.39, 0.29) is 18.0 Å². The van der Waals surface area contributed by atoms with E-state index in [1.54, 1.807) is 12.1 Å². The van der Waals surface area contributed by atoms with Gasteiger partial charge < -0.3 is 10.2 Å². The van der Waals surface area contributed by atoms with E-state index in [0.717, 1.165) is 10.0 Å². The predicted molar refractivity (Wildman–Crippen MR) is 84.1 cm³/mol. The second-order valence-electron chi connectivity index (χ2n) is 4.41. The molecule has 0 aliphatic carbocycles. The van der Waals surface area contributed by atoms with E-state index in [4.69, 9.17) is 10.6 Å². The van der Waals surface area contributed by atoms with E-state index >= 15 is 0 Å². The summed E-state index contributed by atoms with van der Waals surface area (Å²) in [4.78, 5) is 10.5. The van der Waals surface area contributed by atoms with Crippen molar-refractivity contribution in [3.8, 4) is 5.75 Å². The number of hydrazine groups is 1. The number of nitrogen functional groups attached to an aromatic ring is 1. The third-order valence-corrected chi connectivity index (χ3v) is 3.48. The number of hydrogen-bond acceptors (Lipinski definition) is 5. The fourth-order valence-corrected chi connectivity index (χ4v) is 2.43. The molecule has 110 valence electrons. The van der Waals surface area contributed by atoms with Gasteiger partial charge in [0.25, 0.3) is 5.69 Å². The summed E-state index contributed by atoms with van der Waals surface area (Å²) >= 11 is 3.38. The number of halogens is 1. The minimum atomic E-state index is -0.483. The Hall–Kier alpha value is -2.12. The summed E-state index contributed by atoms with van der Waals surface area (Å²) in [5.41, 5.74) is 4.15. The highest BCUT2D eigenvalue weighted by Crippen LogP contribution is 2.29. The van der Waals surface area contributed by atoms with Crippen molar-refractivity contribution in [3.63, 3.8) is 0 Å². The molecular weight excluding hydrogens is 338 g/mol. The average Bonchev–Trinajstić information content (AvgIpc) is 2.45. The van der Waals surface area contributed by atoms with Gasteiger partial charge in [-0.25, -0.2) is 0 Å². The van der Waals surface area contributed by atoms with Gasteiger partial charge in [-0.3, -0.25) is 16.0 Å². The molecule has 0 fully saturated rings. The van der Waals surface area contributed by atoms with Crippen LogP contribution in [-0.2, 0) is 6.61 Å². The minimum Gasteiger partial charge on any atom is -0.489 e. The van der Waals surface area contributed by atoms with Crippen molar-refractivity contribution in [1.29, 1.82) is 0 Å². The van der Waals surface area contributed by atoms with Crippen LogP contribution in [0.3, 0.4) is 0 Å². The van der Waals surface area contributed by atoms with Gasteiger partial charge in [0, 0.05) is 16.1 Å². The molecular formula is C14H14BrN3O3. The molecule has 0 aromatic heterocycles. The Labute approximate surface area is 130 Å². The molecule has 0 unspecified atom stereocenters. The van der Waals surface area contributed by atoms with Gasteiger partial charge in [0.2, 0.25) is 0 Å². The molecule has 7 heteroatoms. The number of aryl methyl sites for hydroxylation is 1. The molecule has 21 heavy (non-hydrogen) atoms. The van der Waals surface area contributed by atoms with Crippen LogP contribution < -0.4 is 16.0 Å². The quantitative estimate of drug-likeness (QED) is 0.488. The van der Waals surface area contributed by atoms with E-state index in [1.165, 1.54) is 6.07 Å². The molecule has 2 aromatic rings. The summed E-state index contributed by atoms with van der Waals surface area (Å²) < 4.78 is 6.68. The maximum Gasteiger partial charge on any atom is 0.294 e. The van der Waals surface area contributed by atoms with E-state index in [2.05, 4.69) is 21.4 Å². The Morgan fingerprint density at radius 1 is 1.38 bits per heavy atom. The van der Waals surface area contributed by atoms with Crippen LogP contribution >= 0.6 is 15.9 Å². The highest BCUT2D eigenvalue weighted by atomic mass is 79.9. The lowest BCUT2D eigenvalue weighted by molar-refractivity contribution is -0.384. The Morgan fingerprint density at radius 3 is 2.76 bits per heavy atom. The third kappa shape index (κ3) is 3.50. The van der Waals surface area contributed by atoms with Crippen LogP contribution in [0.2, 0.25) is 0 Å². The lowest BCUT2D eigenvalue weighted by Crippen LogP contribution is -2.12. The maximum atomic E-state index is 11.0. The average molecular weight is 352 g/mol. The molecule has 0 atom stereocenters. The number of nitro benzene ring substituents is 1. The molecule has 2 aromatic carbocycles. The Kier molecular flexibility index (Phi) is 4.77. The van der Waals surface area contributed by atoms with Crippen LogP contribution in [0.25, 0.3) is 0 Å². The smallest absolute Gasteiger partial charge is 0.294 e. The zero-order valence-electron chi connectivity index (χ0n) is 11.3. The van der Waals surface area contributed by atoms with Gasteiger partial charge >= 0.3 is 0 Å². The first-order chi connectivity index (χ1) is 10.0. The predicted octanol–water partition coefficient (Wildman–Crippen LogP) is 3.53. The number of benzene rings is 2. The van der Waals surface area contributed by atoms with Crippen LogP contribution in [0, 0.1) is 17.0 Å². The molecule has 0 aliphatic rings. The van der Waals surface area contributed by atoms with Crippen LogP contribution in [-0.4, -0.2) is 4.92 Å². The molecule has 0 spiro atoms. The van der Waals surface area contributed by atoms with E-state index in [1.807, 2.05) is 25.1 Å². The summed E-state index contributed by atoms with van der Waals surface area (Å²) in [6.07, 6.45) is 0. The van der Waals surface area contributed by atoms with Crippen molar-refractivity contribution in [2.45, 2.75) is 13.5 Å². The summed E-state index contributed by atoms with van der Waals surface area (Å²) in [6.45, 7) is 2.11. The first kappa shape index (κ1) is 15.3. The highest BCUT2D eigenvalue weighted by molar-refractivity contribution is 9.10. The van der Waals surface area contributed by atoms with E-state index < -0.39 is 4.92 Å².